The standard InChI is InChI=1S/C16H22FNO2/c1-3-14(12-6-5-7-13(17)10-12)18-9-8-16(4-2,11-18)15(19)20/h5-7,10,14H,3-4,8-9,11H2,1-2H3,(H,19,20). The van der Waals surface area contributed by atoms with Crippen molar-refractivity contribution >= 4 is 5.97 Å². The van der Waals surface area contributed by atoms with Gasteiger partial charge in [0.25, 0.3) is 0 Å². The first-order valence-corrected chi connectivity index (χ1v) is 7.25. The Kier molecular flexibility index (Phi) is 4.43. The van der Waals surface area contributed by atoms with Crippen LogP contribution in [0.15, 0.2) is 24.3 Å². The number of hydrogen-bond acceptors (Lipinski definition) is 2. The summed E-state index contributed by atoms with van der Waals surface area (Å²) in [6, 6.07) is 6.73. The molecule has 110 valence electrons. The minimum absolute atomic E-state index is 0.0958. The van der Waals surface area contributed by atoms with E-state index in [4.69, 9.17) is 0 Å². The van der Waals surface area contributed by atoms with Crippen molar-refractivity contribution in [2.75, 3.05) is 13.1 Å². The van der Waals surface area contributed by atoms with Gasteiger partial charge in [-0.2, -0.15) is 0 Å². The molecule has 1 aromatic rings. The van der Waals surface area contributed by atoms with Crippen LogP contribution in [0.2, 0.25) is 0 Å². The molecule has 2 rings (SSSR count). The van der Waals surface area contributed by atoms with Crippen LogP contribution in [-0.4, -0.2) is 29.1 Å². The average molecular weight is 279 g/mol. The summed E-state index contributed by atoms with van der Waals surface area (Å²) in [5, 5.41) is 9.46. The Bertz CT molecular complexity index is 491. The molecule has 1 aromatic carbocycles. The van der Waals surface area contributed by atoms with Gasteiger partial charge in [0.05, 0.1) is 5.41 Å². The summed E-state index contributed by atoms with van der Waals surface area (Å²) in [5.74, 6) is -0.947. The van der Waals surface area contributed by atoms with Crippen molar-refractivity contribution in [3.63, 3.8) is 0 Å². The number of rotatable bonds is 5. The molecule has 0 aromatic heterocycles. The topological polar surface area (TPSA) is 40.5 Å². The zero-order valence-electron chi connectivity index (χ0n) is 12.1. The highest BCUT2D eigenvalue weighted by Crippen LogP contribution is 2.39. The molecule has 3 nitrogen and oxygen atoms in total. The van der Waals surface area contributed by atoms with Crippen LogP contribution in [0.5, 0.6) is 0 Å². The largest absolute Gasteiger partial charge is 0.481 e. The van der Waals surface area contributed by atoms with E-state index in [0.717, 1.165) is 18.5 Å². The second-order valence-electron chi connectivity index (χ2n) is 5.64. The van der Waals surface area contributed by atoms with Crippen LogP contribution in [0, 0.1) is 11.2 Å². The zero-order chi connectivity index (χ0) is 14.8. The van der Waals surface area contributed by atoms with Gasteiger partial charge in [-0.3, -0.25) is 9.69 Å². The highest BCUT2D eigenvalue weighted by molar-refractivity contribution is 5.75. The van der Waals surface area contributed by atoms with Crippen LogP contribution < -0.4 is 0 Å². The normalized spacial score (nSPS) is 24.8. The summed E-state index contributed by atoms with van der Waals surface area (Å²) >= 11 is 0. The average Bonchev–Trinajstić information content (AvgIpc) is 2.85. The van der Waals surface area contributed by atoms with Crippen molar-refractivity contribution in [2.24, 2.45) is 5.41 Å². The lowest BCUT2D eigenvalue weighted by Crippen LogP contribution is -2.35. The van der Waals surface area contributed by atoms with E-state index in [1.54, 1.807) is 12.1 Å². The fraction of sp³-hybridized carbons (Fsp3) is 0.562. The molecular weight excluding hydrogens is 257 g/mol. The first-order chi connectivity index (χ1) is 9.52. The molecule has 1 N–H and O–H groups in total. The van der Waals surface area contributed by atoms with E-state index in [2.05, 4.69) is 11.8 Å². The molecule has 1 saturated heterocycles. The van der Waals surface area contributed by atoms with E-state index in [9.17, 15) is 14.3 Å². The van der Waals surface area contributed by atoms with E-state index in [-0.39, 0.29) is 11.9 Å². The number of hydrogen-bond donors (Lipinski definition) is 1. The number of carboxylic acid groups (broad SMARTS) is 1. The Balaban J connectivity index is 2.20. The second-order valence-corrected chi connectivity index (χ2v) is 5.64. The highest BCUT2D eigenvalue weighted by atomic mass is 19.1. The fourth-order valence-corrected chi connectivity index (χ4v) is 3.20. The minimum Gasteiger partial charge on any atom is -0.481 e. The number of likely N-dealkylation sites (tertiary alicyclic amines) is 1. The van der Waals surface area contributed by atoms with Crippen molar-refractivity contribution < 1.29 is 14.3 Å². The lowest BCUT2D eigenvalue weighted by atomic mass is 9.84. The van der Waals surface area contributed by atoms with Crippen LogP contribution in [-0.2, 0) is 4.79 Å². The molecule has 0 saturated carbocycles. The van der Waals surface area contributed by atoms with E-state index in [1.807, 2.05) is 13.0 Å². The highest BCUT2D eigenvalue weighted by Gasteiger charge is 2.44. The Morgan fingerprint density at radius 3 is 2.75 bits per heavy atom. The van der Waals surface area contributed by atoms with Gasteiger partial charge in [-0.1, -0.05) is 26.0 Å². The van der Waals surface area contributed by atoms with E-state index in [0.29, 0.717) is 19.4 Å². The van der Waals surface area contributed by atoms with Crippen LogP contribution >= 0.6 is 0 Å². The summed E-state index contributed by atoms with van der Waals surface area (Å²) in [4.78, 5) is 13.7. The Morgan fingerprint density at radius 2 is 2.25 bits per heavy atom. The summed E-state index contributed by atoms with van der Waals surface area (Å²) in [6.07, 6.45) is 2.16. The number of carboxylic acids is 1. The molecule has 4 heteroatoms. The molecule has 0 aliphatic carbocycles. The minimum atomic E-state index is -0.711. The van der Waals surface area contributed by atoms with Gasteiger partial charge in [0.15, 0.2) is 0 Å². The van der Waals surface area contributed by atoms with Gasteiger partial charge in [-0.05, 0) is 43.5 Å². The smallest absolute Gasteiger partial charge is 0.310 e. The second kappa shape index (κ2) is 5.92. The van der Waals surface area contributed by atoms with Gasteiger partial charge < -0.3 is 5.11 Å². The van der Waals surface area contributed by atoms with E-state index in [1.165, 1.54) is 6.07 Å². The van der Waals surface area contributed by atoms with Crippen LogP contribution in [0.3, 0.4) is 0 Å². The third-order valence-corrected chi connectivity index (χ3v) is 4.57. The lowest BCUT2D eigenvalue weighted by Gasteiger charge is -2.29. The van der Waals surface area contributed by atoms with Crippen LogP contribution in [0.1, 0.15) is 44.7 Å². The van der Waals surface area contributed by atoms with Crippen molar-refractivity contribution in [1.29, 1.82) is 0 Å². The van der Waals surface area contributed by atoms with Crippen molar-refractivity contribution in [3.8, 4) is 0 Å². The zero-order valence-corrected chi connectivity index (χ0v) is 12.1. The molecular formula is C16H22FNO2. The molecule has 20 heavy (non-hydrogen) atoms. The number of aliphatic carboxylic acids is 1. The van der Waals surface area contributed by atoms with Gasteiger partial charge in [0.1, 0.15) is 5.82 Å². The third-order valence-electron chi connectivity index (χ3n) is 4.57. The third kappa shape index (κ3) is 2.70. The number of halogens is 1. The molecule has 2 atom stereocenters. The Morgan fingerprint density at radius 1 is 1.50 bits per heavy atom. The molecule has 1 heterocycles. The predicted octanol–water partition coefficient (Wildman–Crippen LogP) is 3.46. The lowest BCUT2D eigenvalue weighted by molar-refractivity contribution is -0.148. The van der Waals surface area contributed by atoms with Gasteiger partial charge in [0.2, 0.25) is 0 Å². The number of carbonyl (C=O) groups is 1. The monoisotopic (exact) mass is 279 g/mol. The fourth-order valence-electron chi connectivity index (χ4n) is 3.20. The first-order valence-electron chi connectivity index (χ1n) is 7.25. The summed E-state index contributed by atoms with van der Waals surface area (Å²) < 4.78 is 13.4. The maximum atomic E-state index is 13.4. The number of benzene rings is 1. The first kappa shape index (κ1) is 15.0. The SMILES string of the molecule is CCC(c1cccc(F)c1)N1CCC(CC)(C(=O)O)C1. The summed E-state index contributed by atoms with van der Waals surface area (Å²) in [7, 11) is 0. The molecule has 1 aliphatic rings. The Hall–Kier alpha value is -1.42. The summed E-state index contributed by atoms with van der Waals surface area (Å²) in [6.45, 7) is 5.30. The van der Waals surface area contributed by atoms with Crippen LogP contribution in [0.25, 0.3) is 0 Å². The molecule has 0 spiro atoms. The van der Waals surface area contributed by atoms with Gasteiger partial charge >= 0.3 is 5.97 Å². The Labute approximate surface area is 119 Å². The van der Waals surface area contributed by atoms with Crippen molar-refractivity contribution in [3.05, 3.63) is 35.6 Å². The van der Waals surface area contributed by atoms with Gasteiger partial charge in [-0.25, -0.2) is 4.39 Å². The van der Waals surface area contributed by atoms with Crippen LogP contribution in [0.4, 0.5) is 4.39 Å². The van der Waals surface area contributed by atoms with Crippen molar-refractivity contribution in [2.45, 2.75) is 39.2 Å². The molecule has 2 unspecified atom stereocenters. The molecule has 0 bridgehead atoms. The van der Waals surface area contributed by atoms with Gasteiger partial charge in [0, 0.05) is 12.6 Å². The summed E-state index contributed by atoms with van der Waals surface area (Å²) in [5.41, 5.74) is 0.297. The number of nitrogens with zero attached hydrogens (tertiary/aromatic N) is 1. The molecule has 1 aliphatic heterocycles. The molecule has 1 fully saturated rings. The predicted molar refractivity (Wildman–Crippen MR) is 76.0 cm³/mol. The van der Waals surface area contributed by atoms with Crippen molar-refractivity contribution in [1.82, 2.24) is 4.90 Å². The maximum Gasteiger partial charge on any atom is 0.310 e. The molecule has 0 radical (unpaired) electrons. The van der Waals surface area contributed by atoms with Gasteiger partial charge in [-0.15, -0.1) is 0 Å². The van der Waals surface area contributed by atoms with E-state index < -0.39 is 11.4 Å². The quantitative estimate of drug-likeness (QED) is 0.897. The van der Waals surface area contributed by atoms with E-state index >= 15 is 0 Å². The molecule has 0 amide bonds. The maximum absolute atomic E-state index is 13.4.